The minimum absolute atomic E-state index is 0.0408. The van der Waals surface area contributed by atoms with E-state index in [0.717, 1.165) is 22.0 Å². The Morgan fingerprint density at radius 3 is 2.81 bits per heavy atom. The molecule has 0 fully saturated rings. The summed E-state index contributed by atoms with van der Waals surface area (Å²) in [6, 6.07) is 9.06. The fourth-order valence-electron chi connectivity index (χ4n) is 2.33. The van der Waals surface area contributed by atoms with Gasteiger partial charge in [-0.1, -0.05) is 0 Å². The van der Waals surface area contributed by atoms with E-state index in [4.69, 9.17) is 4.74 Å². The van der Waals surface area contributed by atoms with Gasteiger partial charge in [0.25, 0.3) is 5.56 Å². The average molecular weight is 370 g/mol. The third-order valence-corrected chi connectivity index (χ3v) is 4.64. The van der Waals surface area contributed by atoms with Crippen LogP contribution in [0.1, 0.15) is 5.69 Å². The van der Waals surface area contributed by atoms with Gasteiger partial charge in [-0.3, -0.25) is 14.2 Å². The summed E-state index contributed by atoms with van der Waals surface area (Å²) >= 11 is 1.56. The van der Waals surface area contributed by atoms with Gasteiger partial charge in [0.05, 0.1) is 19.1 Å². The Bertz CT molecular complexity index is 934. The van der Waals surface area contributed by atoms with Crippen molar-refractivity contribution in [3.8, 4) is 16.3 Å². The first-order chi connectivity index (χ1) is 12.7. The molecule has 1 amide bonds. The molecular weight excluding hydrogens is 352 g/mol. The molecule has 0 atom stereocenters. The van der Waals surface area contributed by atoms with Crippen LogP contribution in [-0.2, 0) is 17.8 Å². The number of rotatable bonds is 7. The van der Waals surface area contributed by atoms with Crippen LogP contribution in [0.2, 0.25) is 0 Å². The maximum absolute atomic E-state index is 11.9. The van der Waals surface area contributed by atoms with Gasteiger partial charge >= 0.3 is 0 Å². The summed E-state index contributed by atoms with van der Waals surface area (Å²) in [5, 5.41) is 5.70. The largest absolute Gasteiger partial charge is 0.497 e. The van der Waals surface area contributed by atoms with Crippen LogP contribution in [0.5, 0.6) is 5.75 Å². The second-order valence-electron chi connectivity index (χ2n) is 5.52. The van der Waals surface area contributed by atoms with Crippen molar-refractivity contribution in [3.63, 3.8) is 0 Å². The topological polar surface area (TPSA) is 86.1 Å². The van der Waals surface area contributed by atoms with E-state index in [2.05, 4.69) is 15.3 Å². The molecule has 0 saturated heterocycles. The number of amides is 1. The lowest BCUT2D eigenvalue weighted by Crippen LogP contribution is -2.33. The van der Waals surface area contributed by atoms with Gasteiger partial charge < -0.3 is 10.1 Å². The molecule has 2 aromatic heterocycles. The van der Waals surface area contributed by atoms with Gasteiger partial charge in [-0.15, -0.1) is 11.3 Å². The van der Waals surface area contributed by atoms with E-state index >= 15 is 0 Å². The third kappa shape index (κ3) is 4.54. The van der Waals surface area contributed by atoms with Gasteiger partial charge in [-0.2, -0.15) is 0 Å². The van der Waals surface area contributed by atoms with Crippen molar-refractivity contribution in [2.24, 2.45) is 0 Å². The molecule has 2 heterocycles. The van der Waals surface area contributed by atoms with E-state index < -0.39 is 0 Å². The SMILES string of the molecule is COc1ccc(-c2nc(CCNC(=O)Cn3cnccc3=O)cs2)cc1. The lowest BCUT2D eigenvalue weighted by atomic mass is 10.2. The highest BCUT2D eigenvalue weighted by molar-refractivity contribution is 7.13. The highest BCUT2D eigenvalue weighted by atomic mass is 32.1. The zero-order valence-corrected chi connectivity index (χ0v) is 15.0. The first kappa shape index (κ1) is 17.8. The number of carbonyl (C=O) groups is 1. The van der Waals surface area contributed by atoms with E-state index in [0.29, 0.717) is 13.0 Å². The average Bonchev–Trinajstić information content (AvgIpc) is 3.12. The summed E-state index contributed by atoms with van der Waals surface area (Å²) in [4.78, 5) is 31.9. The fraction of sp³-hybridized carbons (Fsp3) is 0.222. The first-order valence-electron chi connectivity index (χ1n) is 8.01. The molecule has 0 radical (unpaired) electrons. The number of thiazole rings is 1. The molecule has 0 aliphatic carbocycles. The smallest absolute Gasteiger partial charge is 0.253 e. The molecular formula is C18H18N4O3S. The fourth-order valence-corrected chi connectivity index (χ4v) is 3.19. The number of hydrogen-bond acceptors (Lipinski definition) is 6. The van der Waals surface area contributed by atoms with Crippen molar-refractivity contribution < 1.29 is 9.53 Å². The number of nitrogens with zero attached hydrogens (tertiary/aromatic N) is 3. The van der Waals surface area contributed by atoms with E-state index in [1.54, 1.807) is 18.4 Å². The number of ether oxygens (including phenoxy) is 1. The molecule has 0 unspecified atom stereocenters. The van der Waals surface area contributed by atoms with Crippen LogP contribution in [0.15, 0.2) is 53.0 Å². The molecule has 1 aromatic carbocycles. The van der Waals surface area contributed by atoms with Crippen molar-refractivity contribution in [1.29, 1.82) is 0 Å². The normalized spacial score (nSPS) is 10.5. The predicted molar refractivity (Wildman–Crippen MR) is 99.3 cm³/mol. The molecule has 0 saturated carbocycles. The molecule has 0 aliphatic heterocycles. The standard InChI is InChI=1S/C18H18N4O3S/c1-25-15-4-2-13(3-5-15)18-21-14(11-26-18)6-9-20-16(23)10-22-12-19-8-7-17(22)24/h2-5,7-8,11-12H,6,9-10H2,1H3,(H,20,23). The number of aromatic nitrogens is 3. The second-order valence-corrected chi connectivity index (χ2v) is 6.38. The molecule has 134 valence electrons. The molecule has 0 aliphatic rings. The molecule has 3 rings (SSSR count). The van der Waals surface area contributed by atoms with E-state index in [1.807, 2.05) is 29.6 Å². The summed E-state index contributed by atoms with van der Waals surface area (Å²) in [6.45, 7) is 0.417. The van der Waals surface area contributed by atoms with Crippen molar-refractivity contribution >= 4 is 17.2 Å². The third-order valence-electron chi connectivity index (χ3n) is 3.70. The molecule has 0 bridgehead atoms. The van der Waals surface area contributed by atoms with Crippen molar-refractivity contribution in [2.45, 2.75) is 13.0 Å². The highest BCUT2D eigenvalue weighted by Gasteiger charge is 2.07. The summed E-state index contributed by atoms with van der Waals surface area (Å²) in [5.41, 5.74) is 1.69. The molecule has 3 aromatic rings. The predicted octanol–water partition coefficient (Wildman–Crippen LogP) is 1.73. The van der Waals surface area contributed by atoms with Crippen molar-refractivity contribution in [2.75, 3.05) is 13.7 Å². The maximum Gasteiger partial charge on any atom is 0.253 e. The van der Waals surface area contributed by atoms with Crippen molar-refractivity contribution in [3.05, 3.63) is 64.3 Å². The lowest BCUT2D eigenvalue weighted by molar-refractivity contribution is -0.121. The summed E-state index contributed by atoms with van der Waals surface area (Å²) in [5.74, 6) is 0.576. The monoisotopic (exact) mass is 370 g/mol. The number of nitrogens with one attached hydrogen (secondary N) is 1. The zero-order chi connectivity index (χ0) is 18.4. The Morgan fingerprint density at radius 2 is 2.08 bits per heavy atom. The van der Waals surface area contributed by atoms with Crippen LogP contribution in [0.25, 0.3) is 10.6 Å². The number of benzene rings is 1. The van der Waals surface area contributed by atoms with Crippen LogP contribution in [-0.4, -0.2) is 34.1 Å². The van der Waals surface area contributed by atoms with Gasteiger partial charge in [0.2, 0.25) is 5.91 Å². The molecule has 26 heavy (non-hydrogen) atoms. The first-order valence-corrected chi connectivity index (χ1v) is 8.89. The summed E-state index contributed by atoms with van der Waals surface area (Å²) < 4.78 is 6.42. The quantitative estimate of drug-likeness (QED) is 0.685. The van der Waals surface area contributed by atoms with Gasteiger partial charge in [0, 0.05) is 36.2 Å². The van der Waals surface area contributed by atoms with E-state index in [1.165, 1.54) is 23.2 Å². The Hall–Kier alpha value is -3.00. The summed E-state index contributed by atoms with van der Waals surface area (Å²) in [6.07, 6.45) is 3.38. The van der Waals surface area contributed by atoms with E-state index in [-0.39, 0.29) is 18.0 Å². The lowest BCUT2D eigenvalue weighted by Gasteiger charge is -2.05. The van der Waals surface area contributed by atoms with Crippen LogP contribution in [0.3, 0.4) is 0 Å². The number of hydrogen-bond donors (Lipinski definition) is 1. The van der Waals surface area contributed by atoms with Gasteiger partial charge in [0.15, 0.2) is 0 Å². The van der Waals surface area contributed by atoms with Gasteiger partial charge in [-0.25, -0.2) is 9.97 Å². The van der Waals surface area contributed by atoms with Crippen LogP contribution < -0.4 is 15.6 Å². The Morgan fingerprint density at radius 1 is 1.27 bits per heavy atom. The van der Waals surface area contributed by atoms with Gasteiger partial charge in [-0.05, 0) is 24.3 Å². The van der Waals surface area contributed by atoms with E-state index in [9.17, 15) is 9.59 Å². The zero-order valence-electron chi connectivity index (χ0n) is 14.2. The highest BCUT2D eigenvalue weighted by Crippen LogP contribution is 2.25. The number of methoxy groups -OCH3 is 1. The maximum atomic E-state index is 11.9. The number of carbonyl (C=O) groups excluding carboxylic acids is 1. The minimum Gasteiger partial charge on any atom is -0.497 e. The van der Waals surface area contributed by atoms with Crippen LogP contribution >= 0.6 is 11.3 Å². The molecule has 7 nitrogen and oxygen atoms in total. The second kappa shape index (κ2) is 8.39. The minimum atomic E-state index is -0.251. The van der Waals surface area contributed by atoms with Crippen LogP contribution in [0.4, 0.5) is 0 Å². The Kier molecular flexibility index (Phi) is 5.75. The van der Waals surface area contributed by atoms with Gasteiger partial charge in [0.1, 0.15) is 17.3 Å². The Balaban J connectivity index is 1.51. The molecule has 0 spiro atoms. The van der Waals surface area contributed by atoms with Crippen molar-refractivity contribution in [1.82, 2.24) is 19.9 Å². The summed E-state index contributed by atoms with van der Waals surface area (Å²) in [7, 11) is 1.63. The molecule has 1 N–H and O–H groups in total. The van der Waals surface area contributed by atoms with Crippen LogP contribution in [0, 0.1) is 0 Å². The Labute approximate surface area is 154 Å². The molecule has 8 heteroatoms.